The molecule has 8 heteroatoms. The topological polar surface area (TPSA) is 69.4 Å². The predicted molar refractivity (Wildman–Crippen MR) is 132 cm³/mol. The number of nitrogens with zero attached hydrogens (tertiary/aromatic N) is 4. The number of aromatic nitrogens is 3. The third-order valence-corrected chi connectivity index (χ3v) is 10.8. The van der Waals surface area contributed by atoms with Gasteiger partial charge in [0.15, 0.2) is 0 Å². The zero-order valence-electron chi connectivity index (χ0n) is 20.3. The standard InChI is InChI=1S/C27H32IN4O3/c1-19-9-6-7-10-21(19)18-35-24-15-23-17-28-25(16-24)30(23)13-8-14-31-26(33)29-20(2)32(27(31)34)22-11-4-3-5-12-22/h3-7,9-12,23-25H,8,13-18H2,1-2H3/q-1. The molecule has 2 aromatic carbocycles. The number of hydrogen-bond acceptors (Lipinski definition) is 5. The minimum atomic E-state index is -0.460. The molecule has 35 heavy (non-hydrogen) atoms. The van der Waals surface area contributed by atoms with Gasteiger partial charge in [-0.1, -0.05) is 0 Å². The molecule has 2 saturated heterocycles. The Bertz CT molecular complexity index is 1280. The molecule has 0 spiro atoms. The van der Waals surface area contributed by atoms with Crippen LogP contribution in [0.3, 0.4) is 0 Å². The van der Waals surface area contributed by atoms with Crippen LogP contribution < -0.4 is 32.6 Å². The molecule has 186 valence electrons. The Morgan fingerprint density at radius 2 is 1.77 bits per heavy atom. The molecule has 1 aromatic heterocycles. The summed E-state index contributed by atoms with van der Waals surface area (Å²) in [5, 5.41) is 0. The Kier molecular flexibility index (Phi) is 7.50. The first-order chi connectivity index (χ1) is 17.0. The minimum absolute atomic E-state index is 0.131. The molecule has 2 aliphatic rings. The van der Waals surface area contributed by atoms with E-state index in [1.165, 1.54) is 24.7 Å². The van der Waals surface area contributed by atoms with Gasteiger partial charge in [-0.2, -0.15) is 0 Å². The van der Waals surface area contributed by atoms with Crippen molar-refractivity contribution >= 4 is 0 Å². The van der Waals surface area contributed by atoms with Crippen LogP contribution in [0.15, 0.2) is 64.2 Å². The fourth-order valence-electron chi connectivity index (χ4n) is 5.13. The average molecular weight is 587 g/mol. The van der Waals surface area contributed by atoms with Crippen LogP contribution in [0.2, 0.25) is 0 Å². The maximum absolute atomic E-state index is 13.2. The fraction of sp³-hybridized carbons (Fsp3) is 0.444. The summed E-state index contributed by atoms with van der Waals surface area (Å²) in [4.78, 5) is 32.4. The first-order valence-electron chi connectivity index (χ1n) is 12.3. The molecule has 0 amide bonds. The summed E-state index contributed by atoms with van der Waals surface area (Å²) < 4.78 is 11.1. The number of para-hydroxylation sites is 1. The van der Waals surface area contributed by atoms with Gasteiger partial charge in [0.25, 0.3) is 0 Å². The van der Waals surface area contributed by atoms with Crippen LogP contribution in [0.1, 0.15) is 36.2 Å². The van der Waals surface area contributed by atoms with Gasteiger partial charge in [0.2, 0.25) is 0 Å². The molecule has 3 unspecified atom stereocenters. The molecule has 0 saturated carbocycles. The normalized spacial score (nSPS) is 22.2. The van der Waals surface area contributed by atoms with Crippen molar-refractivity contribution in [1.82, 2.24) is 19.0 Å². The number of halogens is 1. The molecule has 2 fully saturated rings. The van der Waals surface area contributed by atoms with E-state index < -0.39 is 5.69 Å². The first-order valence-corrected chi connectivity index (χ1v) is 15.0. The summed E-state index contributed by atoms with van der Waals surface area (Å²) >= 11 is 0.131. The van der Waals surface area contributed by atoms with E-state index in [9.17, 15) is 9.59 Å². The van der Waals surface area contributed by atoms with E-state index >= 15 is 0 Å². The Morgan fingerprint density at radius 1 is 1.00 bits per heavy atom. The van der Waals surface area contributed by atoms with Gasteiger partial charge >= 0.3 is 217 Å². The summed E-state index contributed by atoms with van der Waals surface area (Å²) in [6.45, 7) is 5.82. The summed E-state index contributed by atoms with van der Waals surface area (Å²) in [5.74, 6) is 0.415. The molecule has 0 aliphatic carbocycles. The number of fused-ring (bicyclic) bond motifs is 2. The summed E-state index contributed by atoms with van der Waals surface area (Å²) in [7, 11) is 0. The van der Waals surface area contributed by atoms with Gasteiger partial charge in [-0.15, -0.1) is 0 Å². The second-order valence-corrected chi connectivity index (χ2v) is 12.6. The van der Waals surface area contributed by atoms with Gasteiger partial charge in [0.05, 0.1) is 0 Å². The van der Waals surface area contributed by atoms with Crippen LogP contribution in [0, 0.1) is 13.8 Å². The molecule has 0 N–H and O–H groups in total. The predicted octanol–water partition coefficient (Wildman–Crippen LogP) is -0.120. The zero-order chi connectivity index (χ0) is 24.4. The van der Waals surface area contributed by atoms with Crippen LogP contribution in [0.4, 0.5) is 0 Å². The summed E-state index contributed by atoms with van der Waals surface area (Å²) in [6, 6.07) is 18.4. The molecular weight excluding hydrogens is 555 g/mol. The summed E-state index contributed by atoms with van der Waals surface area (Å²) in [5.41, 5.74) is 2.51. The third kappa shape index (κ3) is 5.29. The number of aryl methyl sites for hydroxylation is 2. The van der Waals surface area contributed by atoms with Crippen molar-refractivity contribution in [2.45, 2.75) is 62.5 Å². The van der Waals surface area contributed by atoms with E-state index in [0.29, 0.717) is 35.2 Å². The molecule has 3 heterocycles. The number of rotatable bonds is 8. The fourth-order valence-corrected chi connectivity index (χ4v) is 9.34. The molecule has 2 aliphatic heterocycles. The second kappa shape index (κ2) is 10.8. The van der Waals surface area contributed by atoms with Crippen molar-refractivity contribution in [2.24, 2.45) is 0 Å². The molecule has 7 nitrogen and oxygen atoms in total. The number of piperidine rings is 1. The SMILES string of the molecule is Cc1ccccc1COC1CC2C[I-]C(C1)N2CCCn1c(=O)nc(C)n(-c2ccccc2)c1=O. The van der Waals surface area contributed by atoms with Gasteiger partial charge < -0.3 is 0 Å². The van der Waals surface area contributed by atoms with E-state index in [0.717, 1.165) is 31.5 Å². The zero-order valence-corrected chi connectivity index (χ0v) is 22.4. The Labute approximate surface area is 216 Å². The molecule has 3 aromatic rings. The van der Waals surface area contributed by atoms with Gasteiger partial charge in [-0.3, -0.25) is 0 Å². The van der Waals surface area contributed by atoms with Crippen LogP contribution in [-0.2, 0) is 17.9 Å². The first kappa shape index (κ1) is 24.4. The quantitative estimate of drug-likeness (QED) is 0.209. The Hall–Kier alpha value is -2.30. The van der Waals surface area contributed by atoms with Gasteiger partial charge in [-0.05, 0) is 0 Å². The van der Waals surface area contributed by atoms with Crippen molar-refractivity contribution in [1.29, 1.82) is 0 Å². The number of ether oxygens (including phenoxy) is 1. The van der Waals surface area contributed by atoms with Crippen molar-refractivity contribution in [3.63, 3.8) is 0 Å². The van der Waals surface area contributed by atoms with Crippen LogP contribution in [0.25, 0.3) is 5.69 Å². The Balaban J connectivity index is 1.20. The van der Waals surface area contributed by atoms with Crippen molar-refractivity contribution in [2.75, 3.05) is 11.0 Å². The molecule has 5 rings (SSSR count). The van der Waals surface area contributed by atoms with E-state index in [4.69, 9.17) is 4.74 Å². The number of hydrogen-bond donors (Lipinski definition) is 0. The summed E-state index contributed by atoms with van der Waals surface area (Å²) in [6.07, 6.45) is 3.27. The van der Waals surface area contributed by atoms with Crippen molar-refractivity contribution < 1.29 is 25.9 Å². The molecular formula is C27H32IN4O3-. The monoisotopic (exact) mass is 587 g/mol. The van der Waals surface area contributed by atoms with Crippen LogP contribution >= 0.6 is 0 Å². The molecule has 0 radical (unpaired) electrons. The van der Waals surface area contributed by atoms with E-state index in [2.05, 4.69) is 41.1 Å². The number of benzene rings is 2. The number of alkyl halides is 2. The van der Waals surface area contributed by atoms with Gasteiger partial charge in [0, 0.05) is 0 Å². The van der Waals surface area contributed by atoms with E-state index in [-0.39, 0.29) is 26.9 Å². The third-order valence-electron chi connectivity index (χ3n) is 7.05. The van der Waals surface area contributed by atoms with Crippen molar-refractivity contribution in [3.8, 4) is 5.69 Å². The van der Waals surface area contributed by atoms with E-state index in [1.54, 1.807) is 6.92 Å². The molecule has 2 bridgehead atoms. The molecule has 3 atom stereocenters. The van der Waals surface area contributed by atoms with Crippen LogP contribution in [0.5, 0.6) is 0 Å². The van der Waals surface area contributed by atoms with Gasteiger partial charge in [0.1, 0.15) is 0 Å². The van der Waals surface area contributed by atoms with Crippen LogP contribution in [-0.4, -0.2) is 46.2 Å². The maximum atomic E-state index is 13.2. The van der Waals surface area contributed by atoms with E-state index in [1.807, 2.05) is 30.3 Å². The van der Waals surface area contributed by atoms with Gasteiger partial charge in [-0.25, -0.2) is 0 Å². The Morgan fingerprint density at radius 3 is 2.54 bits per heavy atom. The average Bonchev–Trinajstić information content (AvgIpc) is 3.08. The van der Waals surface area contributed by atoms with Crippen molar-refractivity contribution in [3.05, 3.63) is 92.5 Å². The second-order valence-electron chi connectivity index (χ2n) is 9.37.